The second-order valence-electron chi connectivity index (χ2n) is 8.62. The van der Waals surface area contributed by atoms with Crippen LogP contribution in [0.1, 0.15) is 32.6 Å². The highest BCUT2D eigenvalue weighted by atomic mass is 79.9. The van der Waals surface area contributed by atoms with Gasteiger partial charge in [-0.2, -0.15) is 0 Å². The number of hydrogen-bond acceptors (Lipinski definition) is 5. The normalized spacial score (nSPS) is 26.1. The van der Waals surface area contributed by atoms with Crippen molar-refractivity contribution in [3.05, 3.63) is 56.9 Å². The third kappa shape index (κ3) is 5.54. The minimum absolute atomic E-state index is 0.260. The zero-order valence-corrected chi connectivity index (χ0v) is 19.4. The van der Waals surface area contributed by atoms with Gasteiger partial charge in [-0.15, -0.1) is 0 Å². The lowest BCUT2D eigenvalue weighted by atomic mass is 9.99. The maximum atomic E-state index is 15.9. The molecule has 0 aromatic rings. The standard InChI is InChI=1S/C23H28BrFN4O2/c1-14-9-17(24)6-7-18(10-14)27-22-19(23(30)28-31-12-15-3-4-15)8-5-16-11-29(2)13-26-21(16)20(22)25/h5-7,9,13,15,20-21,27H,3-4,8,10-12H2,1-2H3,(H,28,30). The first-order valence-electron chi connectivity index (χ1n) is 10.6. The van der Waals surface area contributed by atoms with Crippen LogP contribution in [-0.4, -0.2) is 49.6 Å². The second kappa shape index (κ2) is 9.53. The van der Waals surface area contributed by atoms with Gasteiger partial charge in [0.25, 0.3) is 5.91 Å². The molecule has 0 spiro atoms. The van der Waals surface area contributed by atoms with Gasteiger partial charge in [0.1, 0.15) is 6.04 Å². The van der Waals surface area contributed by atoms with Crippen LogP contribution >= 0.6 is 15.9 Å². The largest absolute Gasteiger partial charge is 0.362 e. The molecular weight excluding hydrogens is 463 g/mol. The molecule has 4 rings (SSSR count). The smallest absolute Gasteiger partial charge is 0.272 e. The predicted molar refractivity (Wildman–Crippen MR) is 123 cm³/mol. The van der Waals surface area contributed by atoms with Crippen molar-refractivity contribution in [3.63, 3.8) is 0 Å². The first kappa shape index (κ1) is 22.0. The average molecular weight is 491 g/mol. The van der Waals surface area contributed by atoms with E-state index in [-0.39, 0.29) is 5.70 Å². The summed E-state index contributed by atoms with van der Waals surface area (Å²) in [6.45, 7) is 3.10. The number of allylic oxidation sites excluding steroid dienone is 6. The van der Waals surface area contributed by atoms with E-state index >= 15 is 4.39 Å². The van der Waals surface area contributed by atoms with Crippen LogP contribution in [-0.2, 0) is 9.63 Å². The Bertz CT molecular complexity index is 930. The van der Waals surface area contributed by atoms with E-state index in [1.807, 2.05) is 43.2 Å². The Balaban J connectivity index is 1.62. The molecule has 166 valence electrons. The molecule has 8 heteroatoms. The Morgan fingerprint density at radius 3 is 2.97 bits per heavy atom. The number of nitrogens with one attached hydrogen (secondary N) is 2. The molecule has 1 amide bonds. The number of fused-ring (bicyclic) bond motifs is 1. The topological polar surface area (TPSA) is 66.0 Å². The fourth-order valence-corrected chi connectivity index (χ4v) is 4.41. The fraction of sp³-hybridized carbons (Fsp3) is 0.478. The molecule has 0 bridgehead atoms. The van der Waals surface area contributed by atoms with E-state index in [0.717, 1.165) is 34.2 Å². The molecule has 6 nitrogen and oxygen atoms in total. The van der Waals surface area contributed by atoms with Gasteiger partial charge in [0.2, 0.25) is 0 Å². The van der Waals surface area contributed by atoms with Crippen molar-refractivity contribution in [1.29, 1.82) is 0 Å². The molecule has 31 heavy (non-hydrogen) atoms. The Morgan fingerprint density at radius 1 is 1.39 bits per heavy atom. The maximum Gasteiger partial charge on any atom is 0.272 e. The number of carbonyl (C=O) groups is 1. The molecule has 1 aliphatic heterocycles. The number of nitrogens with zero attached hydrogens (tertiary/aromatic N) is 2. The van der Waals surface area contributed by atoms with Gasteiger partial charge in [-0.05, 0) is 55.9 Å². The lowest BCUT2D eigenvalue weighted by molar-refractivity contribution is -0.130. The number of halogens is 2. The van der Waals surface area contributed by atoms with Gasteiger partial charge in [-0.1, -0.05) is 27.6 Å². The van der Waals surface area contributed by atoms with Crippen molar-refractivity contribution >= 4 is 28.2 Å². The van der Waals surface area contributed by atoms with E-state index in [1.165, 1.54) is 0 Å². The molecule has 0 radical (unpaired) electrons. The molecule has 2 unspecified atom stereocenters. The van der Waals surface area contributed by atoms with Crippen LogP contribution in [0.4, 0.5) is 4.39 Å². The third-order valence-electron chi connectivity index (χ3n) is 5.73. The molecule has 0 saturated heterocycles. The number of hydroxylamine groups is 1. The van der Waals surface area contributed by atoms with Crippen molar-refractivity contribution in [1.82, 2.24) is 15.7 Å². The Hall–Kier alpha value is -2.19. The van der Waals surface area contributed by atoms with Crippen LogP contribution in [0.2, 0.25) is 0 Å². The van der Waals surface area contributed by atoms with Gasteiger partial charge >= 0.3 is 0 Å². The minimum Gasteiger partial charge on any atom is -0.362 e. The minimum atomic E-state index is -1.45. The van der Waals surface area contributed by atoms with E-state index in [9.17, 15) is 4.79 Å². The summed E-state index contributed by atoms with van der Waals surface area (Å²) < 4.78 is 16.8. The van der Waals surface area contributed by atoms with Gasteiger partial charge in [0.15, 0.2) is 6.17 Å². The average Bonchev–Trinajstić information content (AvgIpc) is 3.56. The maximum absolute atomic E-state index is 15.9. The van der Waals surface area contributed by atoms with E-state index in [4.69, 9.17) is 4.84 Å². The third-order valence-corrected chi connectivity index (χ3v) is 6.22. The number of rotatable bonds is 6. The number of aliphatic imine (C=N–C) groups is 1. The fourth-order valence-electron chi connectivity index (χ4n) is 3.88. The van der Waals surface area contributed by atoms with E-state index in [1.54, 1.807) is 6.34 Å². The second-order valence-corrected chi connectivity index (χ2v) is 9.54. The summed E-state index contributed by atoms with van der Waals surface area (Å²) in [5, 5.41) is 3.25. The predicted octanol–water partition coefficient (Wildman–Crippen LogP) is 3.81. The first-order valence-corrected chi connectivity index (χ1v) is 11.4. The Morgan fingerprint density at radius 2 is 2.19 bits per heavy atom. The monoisotopic (exact) mass is 490 g/mol. The summed E-state index contributed by atoms with van der Waals surface area (Å²) in [5.41, 5.74) is 5.96. The molecule has 4 aliphatic rings. The zero-order valence-electron chi connectivity index (χ0n) is 17.8. The van der Waals surface area contributed by atoms with Crippen molar-refractivity contribution in [2.24, 2.45) is 10.9 Å². The van der Waals surface area contributed by atoms with Crippen molar-refractivity contribution in [3.8, 4) is 0 Å². The molecule has 1 saturated carbocycles. The van der Waals surface area contributed by atoms with Crippen molar-refractivity contribution < 1.29 is 14.0 Å². The van der Waals surface area contributed by atoms with Crippen LogP contribution in [0, 0.1) is 5.92 Å². The van der Waals surface area contributed by atoms with Crippen LogP contribution in [0.3, 0.4) is 0 Å². The molecular formula is C23H28BrFN4O2. The quantitative estimate of drug-likeness (QED) is 0.438. The van der Waals surface area contributed by atoms with E-state index in [0.29, 0.717) is 37.5 Å². The van der Waals surface area contributed by atoms with Crippen LogP contribution in [0.15, 0.2) is 61.9 Å². The SMILES string of the molecule is CC1=CC(Br)=CC=C(NC2=C(C(=O)NOCC3CC3)CC=C3CN(C)C=NC3C2F)C1. The molecule has 2 N–H and O–H groups in total. The number of likely N-dealkylation sites (N-methyl/N-ethyl adjacent to an activating group) is 1. The zero-order chi connectivity index (χ0) is 22.0. The van der Waals surface area contributed by atoms with Gasteiger partial charge in [0.05, 0.1) is 18.6 Å². The van der Waals surface area contributed by atoms with Gasteiger partial charge in [-0.3, -0.25) is 14.6 Å². The number of alkyl halides is 1. The summed E-state index contributed by atoms with van der Waals surface area (Å²) in [6.07, 6.45) is 11.2. The van der Waals surface area contributed by atoms with Gasteiger partial charge < -0.3 is 10.2 Å². The highest BCUT2D eigenvalue weighted by molar-refractivity contribution is 9.11. The highest BCUT2D eigenvalue weighted by Crippen LogP contribution is 2.32. The van der Waals surface area contributed by atoms with Gasteiger partial charge in [0, 0.05) is 35.8 Å². The molecule has 2 atom stereocenters. The van der Waals surface area contributed by atoms with Crippen molar-refractivity contribution in [2.75, 3.05) is 20.2 Å². The van der Waals surface area contributed by atoms with Gasteiger partial charge in [-0.25, -0.2) is 9.87 Å². The van der Waals surface area contributed by atoms with Crippen LogP contribution in [0.5, 0.6) is 0 Å². The van der Waals surface area contributed by atoms with E-state index in [2.05, 4.69) is 31.7 Å². The number of amides is 1. The van der Waals surface area contributed by atoms with Crippen LogP contribution in [0.25, 0.3) is 0 Å². The van der Waals surface area contributed by atoms with E-state index < -0.39 is 18.1 Å². The van der Waals surface area contributed by atoms with Crippen molar-refractivity contribution in [2.45, 2.75) is 44.8 Å². The lowest BCUT2D eigenvalue weighted by Crippen LogP contribution is -2.39. The lowest BCUT2D eigenvalue weighted by Gasteiger charge is -2.29. The summed E-state index contributed by atoms with van der Waals surface area (Å²) >= 11 is 3.50. The summed E-state index contributed by atoms with van der Waals surface area (Å²) in [7, 11) is 1.90. The van der Waals surface area contributed by atoms with Crippen LogP contribution < -0.4 is 10.8 Å². The highest BCUT2D eigenvalue weighted by Gasteiger charge is 2.36. The Labute approximate surface area is 190 Å². The molecule has 3 aliphatic carbocycles. The molecule has 0 aromatic heterocycles. The first-order chi connectivity index (χ1) is 14.9. The molecule has 0 aromatic carbocycles. The summed E-state index contributed by atoms with van der Waals surface area (Å²) in [6, 6.07) is -0.637. The molecule has 1 fully saturated rings. The molecule has 1 heterocycles. The summed E-state index contributed by atoms with van der Waals surface area (Å²) in [4.78, 5) is 24.7. The Kier molecular flexibility index (Phi) is 6.77. The summed E-state index contributed by atoms with van der Waals surface area (Å²) in [5.74, 6) is 0.109. The number of hydrogen-bond donors (Lipinski definition) is 2. The number of carbonyl (C=O) groups excluding carboxylic acids is 1.